The molecule has 1 aliphatic rings. The van der Waals surface area contributed by atoms with E-state index in [0.29, 0.717) is 11.4 Å². The van der Waals surface area contributed by atoms with Gasteiger partial charge in [0, 0.05) is 11.6 Å². The number of halogens is 2. The number of anilines is 1. The van der Waals surface area contributed by atoms with Gasteiger partial charge in [-0.2, -0.15) is 0 Å². The van der Waals surface area contributed by atoms with Gasteiger partial charge in [-0.15, -0.1) is 0 Å². The molecule has 0 fully saturated rings. The van der Waals surface area contributed by atoms with Crippen LogP contribution >= 0.6 is 0 Å². The topological polar surface area (TPSA) is 58.6 Å². The minimum atomic E-state index is -1.10. The summed E-state index contributed by atoms with van der Waals surface area (Å²) in [6.45, 7) is 3.93. The third-order valence-electron chi connectivity index (χ3n) is 4.81. The first-order chi connectivity index (χ1) is 13.4. The molecule has 1 atom stereocenters. The van der Waals surface area contributed by atoms with E-state index < -0.39 is 23.6 Å². The van der Waals surface area contributed by atoms with Crippen molar-refractivity contribution in [3.05, 3.63) is 59.7 Å². The average molecular weight is 388 g/mol. The van der Waals surface area contributed by atoms with Gasteiger partial charge in [0.1, 0.15) is 5.75 Å². The van der Waals surface area contributed by atoms with E-state index in [4.69, 9.17) is 4.74 Å². The van der Waals surface area contributed by atoms with Crippen LogP contribution in [0.1, 0.15) is 37.0 Å². The van der Waals surface area contributed by atoms with Crippen LogP contribution in [0.3, 0.4) is 0 Å². The number of amides is 2. The van der Waals surface area contributed by atoms with Gasteiger partial charge in [0.25, 0.3) is 11.8 Å². The summed E-state index contributed by atoms with van der Waals surface area (Å²) in [4.78, 5) is 27.0. The molecule has 28 heavy (non-hydrogen) atoms. The van der Waals surface area contributed by atoms with E-state index in [9.17, 15) is 18.4 Å². The zero-order valence-electron chi connectivity index (χ0n) is 15.7. The van der Waals surface area contributed by atoms with Crippen molar-refractivity contribution >= 4 is 17.5 Å². The predicted molar refractivity (Wildman–Crippen MR) is 101 cm³/mol. The number of carbonyl (C=O) groups is 2. The molecule has 7 heteroatoms. The molecular weight excluding hydrogens is 366 g/mol. The van der Waals surface area contributed by atoms with Crippen LogP contribution in [0.4, 0.5) is 14.5 Å². The van der Waals surface area contributed by atoms with Crippen molar-refractivity contribution < 1.29 is 23.1 Å². The SMILES string of the molecule is CCC(CC)NC(=O)C1CN(C(=O)c2ccc(F)c(F)c2)c2ccccc2O1. The molecule has 1 heterocycles. The van der Waals surface area contributed by atoms with Crippen molar-refractivity contribution in [1.82, 2.24) is 5.32 Å². The molecule has 3 rings (SSSR count). The van der Waals surface area contributed by atoms with Crippen molar-refractivity contribution in [2.75, 3.05) is 11.4 Å². The van der Waals surface area contributed by atoms with Gasteiger partial charge in [-0.25, -0.2) is 8.78 Å². The lowest BCUT2D eigenvalue weighted by molar-refractivity contribution is -0.128. The van der Waals surface area contributed by atoms with E-state index >= 15 is 0 Å². The summed E-state index contributed by atoms with van der Waals surface area (Å²) in [5.74, 6) is -2.59. The zero-order valence-corrected chi connectivity index (χ0v) is 15.7. The number of hydrogen-bond acceptors (Lipinski definition) is 3. The zero-order chi connectivity index (χ0) is 20.3. The fourth-order valence-electron chi connectivity index (χ4n) is 3.14. The summed E-state index contributed by atoms with van der Waals surface area (Å²) in [5, 5.41) is 2.92. The largest absolute Gasteiger partial charge is 0.477 e. The standard InChI is InChI=1S/C21H22F2N2O3/c1-3-14(4-2)24-20(26)19-12-25(17-7-5-6-8-18(17)28-19)21(27)13-9-10-15(22)16(23)11-13/h5-11,14,19H,3-4,12H2,1-2H3,(H,24,26). The van der Waals surface area contributed by atoms with Crippen molar-refractivity contribution in [3.63, 3.8) is 0 Å². The van der Waals surface area contributed by atoms with Crippen LogP contribution in [0.25, 0.3) is 0 Å². The average Bonchev–Trinajstić information content (AvgIpc) is 2.72. The van der Waals surface area contributed by atoms with Crippen LogP contribution in [-0.4, -0.2) is 30.5 Å². The molecule has 5 nitrogen and oxygen atoms in total. The molecule has 0 radical (unpaired) electrons. The highest BCUT2D eigenvalue weighted by Crippen LogP contribution is 2.34. The number of rotatable bonds is 5. The van der Waals surface area contributed by atoms with E-state index in [-0.39, 0.29) is 24.1 Å². The van der Waals surface area contributed by atoms with Gasteiger partial charge in [-0.3, -0.25) is 9.59 Å². The van der Waals surface area contributed by atoms with Crippen LogP contribution in [0.15, 0.2) is 42.5 Å². The van der Waals surface area contributed by atoms with Gasteiger partial charge in [0.05, 0.1) is 12.2 Å². The first kappa shape index (κ1) is 19.8. The highest BCUT2D eigenvalue weighted by Gasteiger charge is 2.34. The van der Waals surface area contributed by atoms with Gasteiger partial charge < -0.3 is 15.0 Å². The summed E-state index contributed by atoms with van der Waals surface area (Å²) in [5.41, 5.74) is 0.471. The second kappa shape index (κ2) is 8.37. The van der Waals surface area contributed by atoms with Crippen LogP contribution in [0.2, 0.25) is 0 Å². The smallest absolute Gasteiger partial charge is 0.263 e. The summed E-state index contributed by atoms with van der Waals surface area (Å²) in [6, 6.07) is 9.82. The molecule has 0 saturated heterocycles. The van der Waals surface area contributed by atoms with Gasteiger partial charge in [-0.05, 0) is 43.2 Å². The molecule has 2 amide bonds. The Labute approximate surface area is 162 Å². The second-order valence-electron chi connectivity index (χ2n) is 6.64. The number of nitrogens with zero attached hydrogens (tertiary/aromatic N) is 1. The van der Waals surface area contributed by atoms with Crippen LogP contribution < -0.4 is 15.0 Å². The molecule has 0 bridgehead atoms. The monoisotopic (exact) mass is 388 g/mol. The maximum Gasteiger partial charge on any atom is 0.263 e. The van der Waals surface area contributed by atoms with Crippen LogP contribution in [-0.2, 0) is 4.79 Å². The fourth-order valence-corrected chi connectivity index (χ4v) is 3.14. The Bertz CT molecular complexity index is 884. The molecule has 1 unspecified atom stereocenters. The first-order valence-corrected chi connectivity index (χ1v) is 9.27. The number of benzene rings is 2. The van der Waals surface area contributed by atoms with Gasteiger partial charge >= 0.3 is 0 Å². The minimum Gasteiger partial charge on any atom is -0.477 e. The summed E-state index contributed by atoms with van der Waals surface area (Å²) < 4.78 is 32.6. The quantitative estimate of drug-likeness (QED) is 0.850. The Hall–Kier alpha value is -2.96. The van der Waals surface area contributed by atoms with Crippen molar-refractivity contribution in [2.24, 2.45) is 0 Å². The lowest BCUT2D eigenvalue weighted by Gasteiger charge is -2.34. The third kappa shape index (κ3) is 3.98. The normalized spacial score (nSPS) is 15.8. The van der Waals surface area contributed by atoms with Crippen LogP contribution in [0.5, 0.6) is 5.75 Å². The van der Waals surface area contributed by atoms with Crippen molar-refractivity contribution in [3.8, 4) is 5.75 Å². The molecular formula is C21H22F2N2O3. The Kier molecular flexibility index (Phi) is 5.92. The number of carbonyl (C=O) groups excluding carboxylic acids is 2. The van der Waals surface area contributed by atoms with E-state index in [1.807, 2.05) is 13.8 Å². The van der Waals surface area contributed by atoms with Crippen molar-refractivity contribution in [1.29, 1.82) is 0 Å². The Morgan fingerprint density at radius 1 is 1.14 bits per heavy atom. The molecule has 1 aliphatic heterocycles. The molecule has 0 spiro atoms. The maximum absolute atomic E-state index is 13.6. The summed E-state index contributed by atoms with van der Waals surface area (Å²) in [7, 11) is 0. The van der Waals surface area contributed by atoms with Gasteiger partial charge in [0.2, 0.25) is 0 Å². The molecule has 2 aromatic carbocycles. The van der Waals surface area contributed by atoms with Crippen LogP contribution in [0, 0.1) is 11.6 Å². The van der Waals surface area contributed by atoms with E-state index in [1.54, 1.807) is 24.3 Å². The van der Waals surface area contributed by atoms with Gasteiger partial charge in [-0.1, -0.05) is 26.0 Å². The lowest BCUT2D eigenvalue weighted by atomic mass is 10.1. The first-order valence-electron chi connectivity index (χ1n) is 9.27. The lowest BCUT2D eigenvalue weighted by Crippen LogP contribution is -2.52. The van der Waals surface area contributed by atoms with E-state index in [2.05, 4.69) is 5.32 Å². The number of fused-ring (bicyclic) bond motifs is 1. The Morgan fingerprint density at radius 2 is 1.86 bits per heavy atom. The molecule has 1 N–H and O–H groups in total. The molecule has 148 valence electrons. The second-order valence-corrected chi connectivity index (χ2v) is 6.64. The molecule has 0 saturated carbocycles. The number of hydrogen-bond donors (Lipinski definition) is 1. The predicted octanol–water partition coefficient (Wildman–Crippen LogP) is 3.68. The number of nitrogens with one attached hydrogen (secondary N) is 1. The van der Waals surface area contributed by atoms with Gasteiger partial charge in [0.15, 0.2) is 17.7 Å². The minimum absolute atomic E-state index is 0.00486. The summed E-state index contributed by atoms with van der Waals surface area (Å²) >= 11 is 0. The molecule has 0 aromatic heterocycles. The number of ether oxygens (including phenoxy) is 1. The Balaban J connectivity index is 1.90. The fraction of sp³-hybridized carbons (Fsp3) is 0.333. The highest BCUT2D eigenvalue weighted by molar-refractivity contribution is 6.07. The summed E-state index contributed by atoms with van der Waals surface area (Å²) in [6.07, 6.45) is 0.663. The maximum atomic E-state index is 13.6. The van der Waals surface area contributed by atoms with Crippen molar-refractivity contribution in [2.45, 2.75) is 38.8 Å². The molecule has 0 aliphatic carbocycles. The Morgan fingerprint density at radius 3 is 2.54 bits per heavy atom. The van der Waals surface area contributed by atoms with E-state index in [0.717, 1.165) is 25.0 Å². The molecule has 2 aromatic rings. The number of para-hydroxylation sites is 2. The highest BCUT2D eigenvalue weighted by atomic mass is 19.2. The third-order valence-corrected chi connectivity index (χ3v) is 4.81. The van der Waals surface area contributed by atoms with E-state index in [1.165, 1.54) is 11.0 Å².